The molecular formula is C19H21N3O2. The fourth-order valence-corrected chi connectivity index (χ4v) is 2.57. The van der Waals surface area contributed by atoms with Crippen LogP contribution < -0.4 is 16.0 Å². The first-order valence-corrected chi connectivity index (χ1v) is 8.12. The lowest BCUT2D eigenvalue weighted by Gasteiger charge is -2.10. The molecule has 5 heteroatoms. The van der Waals surface area contributed by atoms with Crippen molar-refractivity contribution < 1.29 is 9.59 Å². The normalized spacial score (nSPS) is 12.5. The number of hydrogen-bond acceptors (Lipinski definition) is 3. The molecule has 2 aromatic carbocycles. The molecule has 24 heavy (non-hydrogen) atoms. The first kappa shape index (κ1) is 16.1. The van der Waals surface area contributed by atoms with Gasteiger partial charge in [-0.15, -0.1) is 0 Å². The number of fused-ring (bicyclic) bond motifs is 1. The van der Waals surface area contributed by atoms with Crippen molar-refractivity contribution in [2.24, 2.45) is 5.92 Å². The van der Waals surface area contributed by atoms with E-state index in [4.69, 9.17) is 0 Å². The largest absolute Gasteiger partial charge is 0.384 e. The van der Waals surface area contributed by atoms with Crippen molar-refractivity contribution in [2.75, 3.05) is 22.5 Å². The summed E-state index contributed by atoms with van der Waals surface area (Å²) in [5, 5.41) is 8.98. The Morgan fingerprint density at radius 3 is 2.33 bits per heavy atom. The van der Waals surface area contributed by atoms with Gasteiger partial charge < -0.3 is 16.0 Å². The lowest BCUT2D eigenvalue weighted by molar-refractivity contribution is -0.118. The van der Waals surface area contributed by atoms with Gasteiger partial charge in [-0.1, -0.05) is 13.8 Å². The second-order valence-electron chi connectivity index (χ2n) is 6.22. The molecule has 5 nitrogen and oxygen atoms in total. The maximum absolute atomic E-state index is 12.4. The Hall–Kier alpha value is -2.82. The summed E-state index contributed by atoms with van der Waals surface area (Å²) in [6.07, 6.45) is 0.945. The van der Waals surface area contributed by atoms with Crippen LogP contribution >= 0.6 is 0 Å². The van der Waals surface area contributed by atoms with Crippen molar-refractivity contribution in [3.63, 3.8) is 0 Å². The van der Waals surface area contributed by atoms with E-state index in [1.807, 2.05) is 32.0 Å². The summed E-state index contributed by atoms with van der Waals surface area (Å²) in [4.78, 5) is 24.0. The molecule has 0 saturated heterocycles. The summed E-state index contributed by atoms with van der Waals surface area (Å²) in [7, 11) is 0. The Labute approximate surface area is 141 Å². The van der Waals surface area contributed by atoms with Crippen molar-refractivity contribution in [1.29, 1.82) is 0 Å². The Balaban J connectivity index is 1.65. The fourth-order valence-electron chi connectivity index (χ4n) is 2.57. The van der Waals surface area contributed by atoms with Gasteiger partial charge in [-0.25, -0.2) is 0 Å². The molecule has 0 radical (unpaired) electrons. The van der Waals surface area contributed by atoms with E-state index in [-0.39, 0.29) is 17.7 Å². The highest BCUT2D eigenvalue weighted by Gasteiger charge is 2.13. The molecule has 0 saturated carbocycles. The van der Waals surface area contributed by atoms with Gasteiger partial charge in [0.2, 0.25) is 5.91 Å². The highest BCUT2D eigenvalue weighted by Crippen LogP contribution is 2.23. The molecular weight excluding hydrogens is 302 g/mol. The molecule has 1 heterocycles. The van der Waals surface area contributed by atoms with Gasteiger partial charge in [0.15, 0.2) is 0 Å². The van der Waals surface area contributed by atoms with Crippen LogP contribution in [0.25, 0.3) is 0 Å². The first-order chi connectivity index (χ1) is 11.5. The maximum Gasteiger partial charge on any atom is 0.255 e. The smallest absolute Gasteiger partial charge is 0.255 e. The van der Waals surface area contributed by atoms with Crippen LogP contribution in [0.3, 0.4) is 0 Å². The second kappa shape index (κ2) is 6.74. The lowest BCUT2D eigenvalue weighted by Crippen LogP contribution is -2.17. The molecule has 0 spiro atoms. The Bertz CT molecular complexity index is 767. The molecule has 2 amide bonds. The predicted molar refractivity (Wildman–Crippen MR) is 96.5 cm³/mol. The molecule has 1 aliphatic heterocycles. The minimum atomic E-state index is -0.135. The topological polar surface area (TPSA) is 70.2 Å². The van der Waals surface area contributed by atoms with E-state index in [1.165, 1.54) is 5.56 Å². The van der Waals surface area contributed by atoms with E-state index in [9.17, 15) is 9.59 Å². The van der Waals surface area contributed by atoms with E-state index in [1.54, 1.807) is 24.3 Å². The van der Waals surface area contributed by atoms with Gasteiger partial charge >= 0.3 is 0 Å². The average molecular weight is 323 g/mol. The van der Waals surface area contributed by atoms with Crippen LogP contribution in [-0.2, 0) is 11.2 Å². The highest BCUT2D eigenvalue weighted by molar-refractivity contribution is 6.05. The second-order valence-corrected chi connectivity index (χ2v) is 6.22. The molecule has 3 rings (SSSR count). The van der Waals surface area contributed by atoms with Gasteiger partial charge in [-0.2, -0.15) is 0 Å². The summed E-state index contributed by atoms with van der Waals surface area (Å²) in [6, 6.07) is 12.8. The molecule has 0 fully saturated rings. The van der Waals surface area contributed by atoms with Crippen LogP contribution in [0.1, 0.15) is 29.8 Å². The van der Waals surface area contributed by atoms with Crippen molar-refractivity contribution in [3.05, 3.63) is 53.6 Å². The van der Waals surface area contributed by atoms with Crippen LogP contribution in [-0.4, -0.2) is 18.4 Å². The molecule has 0 atom stereocenters. The molecule has 124 valence electrons. The molecule has 0 unspecified atom stereocenters. The maximum atomic E-state index is 12.4. The third-order valence-electron chi connectivity index (χ3n) is 4.01. The average Bonchev–Trinajstić information content (AvgIpc) is 3.04. The van der Waals surface area contributed by atoms with Gasteiger partial charge in [-0.05, 0) is 54.4 Å². The van der Waals surface area contributed by atoms with Crippen LogP contribution in [0, 0.1) is 5.92 Å². The van der Waals surface area contributed by atoms with Gasteiger partial charge in [0.1, 0.15) is 0 Å². The van der Waals surface area contributed by atoms with Crippen molar-refractivity contribution in [3.8, 4) is 0 Å². The molecule has 0 aromatic heterocycles. The van der Waals surface area contributed by atoms with E-state index in [2.05, 4.69) is 16.0 Å². The Morgan fingerprint density at radius 1 is 1.00 bits per heavy atom. The molecule has 0 aliphatic carbocycles. The minimum Gasteiger partial charge on any atom is -0.384 e. The van der Waals surface area contributed by atoms with Gasteiger partial charge in [0.05, 0.1) is 0 Å². The quantitative estimate of drug-likeness (QED) is 0.806. The first-order valence-electron chi connectivity index (χ1n) is 8.12. The van der Waals surface area contributed by atoms with Crippen molar-refractivity contribution >= 4 is 28.9 Å². The highest BCUT2D eigenvalue weighted by atomic mass is 16.2. The van der Waals surface area contributed by atoms with Crippen LogP contribution in [0.4, 0.5) is 17.1 Å². The van der Waals surface area contributed by atoms with Gasteiger partial charge in [0, 0.05) is 35.1 Å². The van der Waals surface area contributed by atoms with Gasteiger partial charge in [0.25, 0.3) is 5.91 Å². The molecule has 1 aliphatic rings. The summed E-state index contributed by atoms with van der Waals surface area (Å²) < 4.78 is 0. The zero-order valence-corrected chi connectivity index (χ0v) is 13.8. The minimum absolute atomic E-state index is 0.0291. The number of amides is 2. The van der Waals surface area contributed by atoms with E-state index < -0.39 is 0 Å². The van der Waals surface area contributed by atoms with Crippen LogP contribution in [0.5, 0.6) is 0 Å². The summed E-state index contributed by atoms with van der Waals surface area (Å²) >= 11 is 0. The Morgan fingerprint density at radius 2 is 1.67 bits per heavy atom. The van der Waals surface area contributed by atoms with Crippen molar-refractivity contribution in [1.82, 2.24) is 0 Å². The monoisotopic (exact) mass is 323 g/mol. The number of hydrogen-bond donors (Lipinski definition) is 3. The lowest BCUT2D eigenvalue weighted by atomic mass is 10.1. The number of benzene rings is 2. The number of rotatable bonds is 4. The molecule has 2 aromatic rings. The Kier molecular flexibility index (Phi) is 4.51. The zero-order chi connectivity index (χ0) is 17.1. The van der Waals surface area contributed by atoms with E-state index in [0.717, 1.165) is 24.3 Å². The van der Waals surface area contributed by atoms with Crippen LogP contribution in [0.15, 0.2) is 42.5 Å². The zero-order valence-electron chi connectivity index (χ0n) is 13.8. The number of carbonyl (C=O) groups excluding carboxylic acids is 2. The number of nitrogens with one attached hydrogen (secondary N) is 3. The summed E-state index contributed by atoms with van der Waals surface area (Å²) in [5.41, 5.74) is 4.34. The molecule has 3 N–H and O–H groups in total. The molecule has 0 bridgehead atoms. The van der Waals surface area contributed by atoms with E-state index >= 15 is 0 Å². The SMILES string of the molecule is CC(C)C(=O)Nc1ccc(NC(=O)c2ccc3c(c2)CCN3)cc1. The van der Waals surface area contributed by atoms with Crippen molar-refractivity contribution in [2.45, 2.75) is 20.3 Å². The van der Waals surface area contributed by atoms with Gasteiger partial charge in [-0.3, -0.25) is 9.59 Å². The standard InChI is InChI=1S/C19H21N3O2/c1-12(2)18(23)21-15-4-6-16(7-5-15)22-19(24)14-3-8-17-13(11-14)9-10-20-17/h3-8,11-12,20H,9-10H2,1-2H3,(H,21,23)(H,22,24). The summed E-state index contributed by atoms with van der Waals surface area (Å²) in [5.74, 6) is -0.235. The predicted octanol–water partition coefficient (Wildman–Crippen LogP) is 3.50. The van der Waals surface area contributed by atoms with Crippen LogP contribution in [0.2, 0.25) is 0 Å². The number of carbonyl (C=O) groups is 2. The van der Waals surface area contributed by atoms with E-state index in [0.29, 0.717) is 11.3 Å². The fraction of sp³-hybridized carbons (Fsp3) is 0.263. The third kappa shape index (κ3) is 3.56. The number of anilines is 3. The third-order valence-corrected chi connectivity index (χ3v) is 4.01. The summed E-state index contributed by atoms with van der Waals surface area (Å²) in [6.45, 7) is 4.61.